The van der Waals surface area contributed by atoms with E-state index in [2.05, 4.69) is 61.6 Å². The summed E-state index contributed by atoms with van der Waals surface area (Å²) in [6, 6.07) is 15.7. The molecule has 0 heterocycles. The van der Waals surface area contributed by atoms with Crippen molar-refractivity contribution in [1.82, 2.24) is 5.32 Å². The zero-order valence-electron chi connectivity index (χ0n) is 10.7. The van der Waals surface area contributed by atoms with Crippen LogP contribution in [-0.4, -0.2) is 6.54 Å². The van der Waals surface area contributed by atoms with Gasteiger partial charge in [0.05, 0.1) is 0 Å². The van der Waals surface area contributed by atoms with Gasteiger partial charge in [0.15, 0.2) is 0 Å². The Balaban J connectivity index is 2.12. The Morgan fingerprint density at radius 2 is 1.82 bits per heavy atom. The van der Waals surface area contributed by atoms with Crippen molar-refractivity contribution in [1.29, 1.82) is 0 Å². The molecule has 0 radical (unpaired) electrons. The molecular weight excluding hydrogens is 206 g/mol. The van der Waals surface area contributed by atoms with Crippen molar-refractivity contribution in [2.24, 2.45) is 0 Å². The van der Waals surface area contributed by atoms with E-state index in [0.29, 0.717) is 6.04 Å². The number of benzene rings is 2. The Morgan fingerprint density at radius 1 is 1.06 bits per heavy atom. The van der Waals surface area contributed by atoms with Crippen LogP contribution in [0, 0.1) is 0 Å². The topological polar surface area (TPSA) is 12.0 Å². The smallest absolute Gasteiger partial charge is 0.0292 e. The van der Waals surface area contributed by atoms with Crippen LogP contribution in [0.3, 0.4) is 0 Å². The summed E-state index contributed by atoms with van der Waals surface area (Å²) in [6.07, 6.45) is 2.50. The minimum Gasteiger partial charge on any atom is -0.310 e. The van der Waals surface area contributed by atoms with E-state index >= 15 is 0 Å². The van der Waals surface area contributed by atoms with Gasteiger partial charge >= 0.3 is 0 Å². The van der Waals surface area contributed by atoms with Gasteiger partial charge in [0.25, 0.3) is 0 Å². The Labute approximate surface area is 104 Å². The van der Waals surface area contributed by atoms with Crippen LogP contribution in [0.15, 0.2) is 42.5 Å². The molecule has 1 heteroatoms. The average molecular weight is 227 g/mol. The molecule has 2 rings (SSSR count). The summed E-state index contributed by atoms with van der Waals surface area (Å²) in [5, 5.41) is 6.21. The lowest BCUT2D eigenvalue weighted by Gasteiger charge is -2.14. The third kappa shape index (κ3) is 3.07. The van der Waals surface area contributed by atoms with Gasteiger partial charge in [-0.05, 0) is 42.3 Å². The van der Waals surface area contributed by atoms with E-state index < -0.39 is 0 Å². The maximum absolute atomic E-state index is 3.56. The molecule has 2 aromatic carbocycles. The second-order valence-corrected chi connectivity index (χ2v) is 4.64. The second-order valence-electron chi connectivity index (χ2n) is 4.64. The molecule has 0 amide bonds. The molecular formula is C16H21N. The lowest BCUT2D eigenvalue weighted by atomic mass is 10.0. The highest BCUT2D eigenvalue weighted by atomic mass is 14.9. The first-order valence-electron chi connectivity index (χ1n) is 6.53. The van der Waals surface area contributed by atoms with Gasteiger partial charge in [-0.2, -0.15) is 0 Å². The lowest BCUT2D eigenvalue weighted by molar-refractivity contribution is 0.555. The monoisotopic (exact) mass is 227 g/mol. The first-order chi connectivity index (χ1) is 8.31. The standard InChI is InChI=1S/C16H21N/c1-3-4-11-17-13(2)15-10-9-14-7-5-6-8-16(14)12-15/h5-10,12-13,17H,3-4,11H2,1-2H3/t13-/m0/s1. The average Bonchev–Trinajstić information content (AvgIpc) is 2.38. The summed E-state index contributed by atoms with van der Waals surface area (Å²) in [6.45, 7) is 5.56. The fourth-order valence-corrected chi connectivity index (χ4v) is 2.09. The van der Waals surface area contributed by atoms with E-state index in [1.165, 1.54) is 29.2 Å². The molecule has 0 bridgehead atoms. The molecule has 0 aliphatic rings. The van der Waals surface area contributed by atoms with Crippen LogP contribution in [0.25, 0.3) is 10.8 Å². The molecule has 0 fully saturated rings. The lowest BCUT2D eigenvalue weighted by Crippen LogP contribution is -2.19. The van der Waals surface area contributed by atoms with Gasteiger partial charge in [0, 0.05) is 6.04 Å². The minimum atomic E-state index is 0.436. The van der Waals surface area contributed by atoms with Crippen LogP contribution >= 0.6 is 0 Å². The number of unbranched alkanes of at least 4 members (excludes halogenated alkanes) is 1. The van der Waals surface area contributed by atoms with E-state index in [9.17, 15) is 0 Å². The Kier molecular flexibility index (Phi) is 4.16. The van der Waals surface area contributed by atoms with E-state index in [1.807, 2.05) is 0 Å². The van der Waals surface area contributed by atoms with Crippen molar-refractivity contribution in [2.45, 2.75) is 32.7 Å². The summed E-state index contributed by atoms with van der Waals surface area (Å²) in [4.78, 5) is 0. The molecule has 90 valence electrons. The predicted molar refractivity (Wildman–Crippen MR) is 75.3 cm³/mol. The molecule has 0 unspecified atom stereocenters. The van der Waals surface area contributed by atoms with Gasteiger partial charge in [-0.1, -0.05) is 49.7 Å². The summed E-state index contributed by atoms with van der Waals surface area (Å²) >= 11 is 0. The number of hydrogen-bond acceptors (Lipinski definition) is 1. The Bertz CT molecular complexity index is 476. The molecule has 1 nitrogen and oxygen atoms in total. The fraction of sp³-hybridized carbons (Fsp3) is 0.375. The van der Waals surface area contributed by atoms with Crippen molar-refractivity contribution < 1.29 is 0 Å². The first-order valence-corrected chi connectivity index (χ1v) is 6.53. The summed E-state index contributed by atoms with van der Waals surface area (Å²) in [5.74, 6) is 0. The van der Waals surface area contributed by atoms with Crippen LogP contribution in [0.1, 0.15) is 38.3 Å². The van der Waals surface area contributed by atoms with Crippen molar-refractivity contribution in [3.8, 4) is 0 Å². The maximum Gasteiger partial charge on any atom is 0.0292 e. The Hall–Kier alpha value is -1.34. The van der Waals surface area contributed by atoms with Gasteiger partial charge in [0.2, 0.25) is 0 Å². The zero-order chi connectivity index (χ0) is 12.1. The van der Waals surface area contributed by atoms with Crippen LogP contribution in [-0.2, 0) is 0 Å². The molecule has 0 saturated carbocycles. The van der Waals surface area contributed by atoms with Crippen LogP contribution in [0.2, 0.25) is 0 Å². The third-order valence-corrected chi connectivity index (χ3v) is 3.25. The molecule has 2 aromatic rings. The fourth-order valence-electron chi connectivity index (χ4n) is 2.09. The highest BCUT2D eigenvalue weighted by Gasteiger charge is 2.04. The first kappa shape index (κ1) is 12.1. The van der Waals surface area contributed by atoms with Crippen LogP contribution in [0.5, 0.6) is 0 Å². The number of nitrogens with one attached hydrogen (secondary N) is 1. The number of fused-ring (bicyclic) bond motifs is 1. The van der Waals surface area contributed by atoms with Crippen molar-refractivity contribution in [2.75, 3.05) is 6.54 Å². The van der Waals surface area contributed by atoms with E-state index in [4.69, 9.17) is 0 Å². The van der Waals surface area contributed by atoms with Crippen LogP contribution in [0.4, 0.5) is 0 Å². The van der Waals surface area contributed by atoms with Crippen molar-refractivity contribution >= 4 is 10.8 Å². The molecule has 17 heavy (non-hydrogen) atoms. The van der Waals surface area contributed by atoms with Crippen molar-refractivity contribution in [3.05, 3.63) is 48.0 Å². The molecule has 0 saturated heterocycles. The van der Waals surface area contributed by atoms with Gasteiger partial charge in [-0.15, -0.1) is 0 Å². The van der Waals surface area contributed by atoms with E-state index in [1.54, 1.807) is 0 Å². The molecule has 1 atom stereocenters. The van der Waals surface area contributed by atoms with Gasteiger partial charge in [0.1, 0.15) is 0 Å². The molecule has 0 aromatic heterocycles. The Morgan fingerprint density at radius 3 is 2.59 bits per heavy atom. The quantitative estimate of drug-likeness (QED) is 0.751. The summed E-state index contributed by atoms with van der Waals surface area (Å²) in [7, 11) is 0. The number of rotatable bonds is 5. The SMILES string of the molecule is CCCCN[C@@H](C)c1ccc2ccccc2c1. The van der Waals surface area contributed by atoms with Crippen LogP contribution < -0.4 is 5.32 Å². The molecule has 1 N–H and O–H groups in total. The second kappa shape index (κ2) is 5.83. The van der Waals surface area contributed by atoms with Gasteiger partial charge < -0.3 is 5.32 Å². The zero-order valence-corrected chi connectivity index (χ0v) is 10.7. The highest BCUT2D eigenvalue weighted by Crippen LogP contribution is 2.20. The third-order valence-electron chi connectivity index (χ3n) is 3.25. The normalized spacial score (nSPS) is 12.8. The minimum absolute atomic E-state index is 0.436. The molecule has 0 aliphatic heterocycles. The van der Waals surface area contributed by atoms with Gasteiger partial charge in [-0.25, -0.2) is 0 Å². The molecule has 0 aliphatic carbocycles. The van der Waals surface area contributed by atoms with Crippen molar-refractivity contribution in [3.63, 3.8) is 0 Å². The molecule has 0 spiro atoms. The largest absolute Gasteiger partial charge is 0.310 e. The number of hydrogen-bond donors (Lipinski definition) is 1. The van der Waals surface area contributed by atoms with Gasteiger partial charge in [-0.3, -0.25) is 0 Å². The highest BCUT2D eigenvalue weighted by molar-refractivity contribution is 5.83. The summed E-state index contributed by atoms with van der Waals surface area (Å²) < 4.78 is 0. The summed E-state index contributed by atoms with van der Waals surface area (Å²) in [5.41, 5.74) is 1.37. The van der Waals surface area contributed by atoms with E-state index in [0.717, 1.165) is 6.54 Å². The predicted octanol–water partition coefficient (Wildman–Crippen LogP) is 4.29. The van der Waals surface area contributed by atoms with E-state index in [-0.39, 0.29) is 0 Å². The maximum atomic E-state index is 3.56.